The number of hydrogen-bond donors (Lipinski definition) is 1. The molecule has 1 amide bonds. The number of carbonyl (C=O) groups is 1. The summed E-state index contributed by atoms with van der Waals surface area (Å²) in [6, 6.07) is 13.9. The molecule has 0 fully saturated rings. The molecule has 0 spiro atoms. The Morgan fingerprint density at radius 1 is 1.10 bits per heavy atom. The monoisotopic (exact) mass is 508 g/mol. The van der Waals surface area contributed by atoms with E-state index in [4.69, 9.17) is 11.6 Å². The fraction of sp³-hybridized carbons (Fsp3) is 0.0952. The second-order valence-electron chi connectivity index (χ2n) is 6.69. The third-order valence-electron chi connectivity index (χ3n) is 4.52. The lowest BCUT2D eigenvalue weighted by atomic mass is 10.1. The Bertz CT molecular complexity index is 1290. The maximum Gasteiger partial charge on any atom is 0.433 e. The van der Waals surface area contributed by atoms with E-state index in [0.29, 0.717) is 20.8 Å². The van der Waals surface area contributed by atoms with E-state index in [1.165, 1.54) is 6.92 Å². The van der Waals surface area contributed by atoms with E-state index in [1.54, 1.807) is 48.5 Å². The van der Waals surface area contributed by atoms with Crippen molar-refractivity contribution in [1.29, 1.82) is 0 Å². The number of fused-ring (bicyclic) bond motifs is 1. The highest BCUT2D eigenvalue weighted by molar-refractivity contribution is 9.10. The zero-order chi connectivity index (χ0) is 22.3. The summed E-state index contributed by atoms with van der Waals surface area (Å²) in [6.07, 6.45) is -4.71. The molecule has 31 heavy (non-hydrogen) atoms. The summed E-state index contributed by atoms with van der Waals surface area (Å²) >= 11 is 9.19. The van der Waals surface area contributed by atoms with Crippen LogP contribution in [0, 0.1) is 6.92 Å². The molecule has 0 atom stereocenters. The molecule has 5 nitrogen and oxygen atoms in total. The number of rotatable bonds is 3. The predicted molar refractivity (Wildman–Crippen MR) is 115 cm³/mol. The molecule has 0 radical (unpaired) electrons. The van der Waals surface area contributed by atoms with Gasteiger partial charge in [-0.15, -0.1) is 0 Å². The number of hydrogen-bond acceptors (Lipinski definition) is 3. The summed E-state index contributed by atoms with van der Waals surface area (Å²) in [5, 5.41) is 7.07. The van der Waals surface area contributed by atoms with Crippen LogP contribution in [0.4, 0.5) is 18.9 Å². The standard InChI is InChI=1S/C21H13BrClF3N4O/c1-11-18(20(31)27-15-8-4-13(22)5-9-15)19-28-16(12-2-6-14(23)7-3-12)10-17(21(24,25)26)30(19)29-11/h2-10H,1H3,(H,27,31). The summed E-state index contributed by atoms with van der Waals surface area (Å²) in [5.41, 5.74) is -0.174. The van der Waals surface area contributed by atoms with Crippen molar-refractivity contribution in [2.24, 2.45) is 0 Å². The van der Waals surface area contributed by atoms with Crippen LogP contribution < -0.4 is 5.32 Å². The normalized spacial score (nSPS) is 11.7. The van der Waals surface area contributed by atoms with Gasteiger partial charge in [-0.3, -0.25) is 4.79 Å². The highest BCUT2D eigenvalue weighted by Gasteiger charge is 2.36. The Morgan fingerprint density at radius 3 is 2.35 bits per heavy atom. The summed E-state index contributed by atoms with van der Waals surface area (Å²) in [5.74, 6) is -0.608. The molecule has 0 saturated heterocycles. The van der Waals surface area contributed by atoms with Crippen molar-refractivity contribution in [3.8, 4) is 11.3 Å². The lowest BCUT2D eigenvalue weighted by Gasteiger charge is -2.12. The van der Waals surface area contributed by atoms with Gasteiger partial charge >= 0.3 is 6.18 Å². The fourth-order valence-corrected chi connectivity index (χ4v) is 3.48. The lowest BCUT2D eigenvalue weighted by molar-refractivity contribution is -0.142. The SMILES string of the molecule is Cc1nn2c(C(F)(F)F)cc(-c3ccc(Cl)cc3)nc2c1C(=O)Nc1ccc(Br)cc1. The molecule has 2 aromatic carbocycles. The molecule has 0 aliphatic rings. The summed E-state index contributed by atoms with van der Waals surface area (Å²) in [4.78, 5) is 17.3. The van der Waals surface area contributed by atoms with Crippen molar-refractivity contribution in [3.05, 3.63) is 81.0 Å². The van der Waals surface area contributed by atoms with Crippen LogP contribution in [-0.4, -0.2) is 20.5 Å². The minimum absolute atomic E-state index is 0.0377. The Balaban J connectivity index is 1.88. The molecule has 0 bridgehead atoms. The number of aromatic nitrogens is 3. The van der Waals surface area contributed by atoms with Crippen LogP contribution in [-0.2, 0) is 6.18 Å². The van der Waals surface area contributed by atoms with Gasteiger partial charge in [0.15, 0.2) is 11.3 Å². The maximum atomic E-state index is 13.8. The van der Waals surface area contributed by atoms with Gasteiger partial charge in [0.1, 0.15) is 5.56 Å². The average Bonchev–Trinajstić information content (AvgIpc) is 3.04. The van der Waals surface area contributed by atoms with E-state index in [0.717, 1.165) is 10.5 Å². The summed E-state index contributed by atoms with van der Waals surface area (Å²) in [6.45, 7) is 1.47. The van der Waals surface area contributed by atoms with Crippen molar-refractivity contribution in [2.45, 2.75) is 13.1 Å². The maximum absolute atomic E-state index is 13.8. The number of carbonyl (C=O) groups excluding carboxylic acids is 1. The average molecular weight is 510 g/mol. The largest absolute Gasteiger partial charge is 0.433 e. The molecular weight excluding hydrogens is 497 g/mol. The van der Waals surface area contributed by atoms with Gasteiger partial charge < -0.3 is 5.32 Å². The minimum atomic E-state index is -4.71. The highest BCUT2D eigenvalue weighted by Crippen LogP contribution is 2.33. The van der Waals surface area contributed by atoms with Gasteiger partial charge in [-0.1, -0.05) is 39.7 Å². The van der Waals surface area contributed by atoms with Crippen molar-refractivity contribution in [3.63, 3.8) is 0 Å². The van der Waals surface area contributed by atoms with Gasteiger partial charge in [0, 0.05) is 20.7 Å². The Kier molecular flexibility index (Phi) is 5.49. The molecule has 2 heterocycles. The smallest absolute Gasteiger partial charge is 0.322 e. The van der Waals surface area contributed by atoms with Gasteiger partial charge in [0.25, 0.3) is 5.91 Å². The lowest BCUT2D eigenvalue weighted by Crippen LogP contribution is -2.16. The predicted octanol–water partition coefficient (Wildman–Crippen LogP) is 6.39. The van der Waals surface area contributed by atoms with Gasteiger partial charge in [0.2, 0.25) is 0 Å². The molecule has 158 valence electrons. The fourth-order valence-electron chi connectivity index (χ4n) is 3.09. The first-order valence-electron chi connectivity index (χ1n) is 8.94. The number of aryl methyl sites for hydroxylation is 1. The Labute approximate surface area is 188 Å². The summed E-state index contributed by atoms with van der Waals surface area (Å²) < 4.78 is 42.8. The zero-order valence-corrected chi connectivity index (χ0v) is 18.2. The third-order valence-corrected chi connectivity index (χ3v) is 5.30. The van der Waals surface area contributed by atoms with E-state index in [9.17, 15) is 18.0 Å². The molecule has 0 aliphatic heterocycles. The van der Waals surface area contributed by atoms with Crippen LogP contribution in [0.25, 0.3) is 16.9 Å². The number of halogens is 5. The van der Waals surface area contributed by atoms with Gasteiger partial charge in [-0.25, -0.2) is 9.50 Å². The van der Waals surface area contributed by atoms with Gasteiger partial charge in [-0.05, 0) is 49.4 Å². The molecule has 10 heteroatoms. The van der Waals surface area contributed by atoms with Crippen LogP contribution in [0.2, 0.25) is 5.02 Å². The van der Waals surface area contributed by atoms with Crippen molar-refractivity contribution < 1.29 is 18.0 Å². The molecule has 0 saturated carbocycles. The second-order valence-corrected chi connectivity index (χ2v) is 8.04. The number of nitrogens with zero attached hydrogens (tertiary/aromatic N) is 3. The Morgan fingerprint density at radius 2 is 1.74 bits per heavy atom. The van der Waals surface area contributed by atoms with E-state index >= 15 is 0 Å². The van der Waals surface area contributed by atoms with Crippen molar-refractivity contribution in [2.75, 3.05) is 5.32 Å². The first-order valence-corrected chi connectivity index (χ1v) is 10.1. The van der Waals surface area contributed by atoms with E-state index < -0.39 is 17.8 Å². The topological polar surface area (TPSA) is 59.3 Å². The van der Waals surface area contributed by atoms with E-state index in [1.807, 2.05) is 0 Å². The number of benzene rings is 2. The quantitative estimate of drug-likeness (QED) is 0.348. The molecule has 1 N–H and O–H groups in total. The van der Waals surface area contributed by atoms with Gasteiger partial charge in [-0.2, -0.15) is 18.3 Å². The second kappa shape index (κ2) is 7.97. The van der Waals surface area contributed by atoms with Crippen molar-refractivity contribution in [1.82, 2.24) is 14.6 Å². The Hall–Kier alpha value is -2.91. The van der Waals surface area contributed by atoms with Crippen molar-refractivity contribution >= 4 is 44.8 Å². The highest BCUT2D eigenvalue weighted by atomic mass is 79.9. The molecule has 2 aromatic heterocycles. The van der Waals surface area contributed by atoms with Gasteiger partial charge in [0.05, 0.1) is 11.4 Å². The minimum Gasteiger partial charge on any atom is -0.322 e. The molecule has 4 rings (SSSR count). The number of alkyl halides is 3. The summed E-state index contributed by atoms with van der Waals surface area (Å²) in [7, 11) is 0. The van der Waals surface area contributed by atoms with Crippen LogP contribution >= 0.6 is 27.5 Å². The molecular formula is C21H13BrClF3N4O. The molecule has 0 unspecified atom stereocenters. The third kappa shape index (κ3) is 4.28. The molecule has 0 aliphatic carbocycles. The number of nitrogens with one attached hydrogen (secondary N) is 1. The number of anilines is 1. The molecule has 4 aromatic rings. The van der Waals surface area contributed by atoms with Crippen LogP contribution in [0.5, 0.6) is 0 Å². The first kappa shape index (κ1) is 21.3. The van der Waals surface area contributed by atoms with E-state index in [2.05, 4.69) is 31.3 Å². The van der Waals surface area contributed by atoms with Crippen LogP contribution in [0.3, 0.4) is 0 Å². The van der Waals surface area contributed by atoms with Crippen LogP contribution in [0.1, 0.15) is 21.7 Å². The van der Waals surface area contributed by atoms with E-state index in [-0.39, 0.29) is 22.6 Å². The first-order chi connectivity index (χ1) is 14.6. The zero-order valence-electron chi connectivity index (χ0n) is 15.8. The van der Waals surface area contributed by atoms with Crippen LogP contribution in [0.15, 0.2) is 59.1 Å². The number of amides is 1.